The van der Waals surface area contributed by atoms with Crippen molar-refractivity contribution in [1.29, 1.82) is 0 Å². The Bertz CT molecular complexity index is 1160. The second-order valence-electron chi connectivity index (χ2n) is 10.5. The summed E-state index contributed by atoms with van der Waals surface area (Å²) in [5, 5.41) is 33.1. The summed E-state index contributed by atoms with van der Waals surface area (Å²) in [4.78, 5) is 45.4. The number of nitro benzene ring substituents is 2. The number of carbonyl (C=O) groups excluding carboxylic acids is 2. The fourth-order valence-electron chi connectivity index (χ4n) is 5.69. The number of non-ortho nitro benzene ring substituents is 2. The van der Waals surface area contributed by atoms with Gasteiger partial charge < -0.3 is 21.3 Å². The highest BCUT2D eigenvalue weighted by Crippen LogP contribution is 2.35. The molecule has 0 saturated heterocycles. The Hall–Kier alpha value is -4.22. The smallest absolute Gasteiger partial charge is 0.319 e. The van der Waals surface area contributed by atoms with E-state index in [1.807, 2.05) is 0 Å². The van der Waals surface area contributed by atoms with Crippen molar-refractivity contribution in [1.82, 2.24) is 10.6 Å². The molecule has 0 spiro atoms. The van der Waals surface area contributed by atoms with Crippen LogP contribution >= 0.6 is 0 Å². The fourth-order valence-corrected chi connectivity index (χ4v) is 5.69. The van der Waals surface area contributed by atoms with Gasteiger partial charge in [-0.3, -0.25) is 20.2 Å². The number of nitrogens with one attached hydrogen (secondary N) is 4. The summed E-state index contributed by atoms with van der Waals surface area (Å²) in [5.41, 5.74) is 0.974. The number of carbonyl (C=O) groups is 2. The Morgan fingerprint density at radius 2 is 1.15 bits per heavy atom. The van der Waals surface area contributed by atoms with Gasteiger partial charge in [-0.15, -0.1) is 0 Å². The van der Waals surface area contributed by atoms with E-state index in [2.05, 4.69) is 21.3 Å². The van der Waals surface area contributed by atoms with Gasteiger partial charge in [0.1, 0.15) is 0 Å². The summed E-state index contributed by atoms with van der Waals surface area (Å²) in [7, 11) is 0. The van der Waals surface area contributed by atoms with Gasteiger partial charge in [0.25, 0.3) is 11.4 Å². The zero-order chi connectivity index (χ0) is 27.8. The van der Waals surface area contributed by atoms with Crippen molar-refractivity contribution >= 4 is 34.8 Å². The first-order chi connectivity index (χ1) is 18.7. The van der Waals surface area contributed by atoms with Crippen LogP contribution < -0.4 is 21.3 Å². The molecule has 208 valence electrons. The SMILES string of the molecule is O=C(Nc1ccc([N+](=O)[O-])cc1)NC1CCC(C[C@@H]2CCC[C@@H](NC(=O)Nc3ccc([N+](=O)[O-])cc3)C2)CC1. The van der Waals surface area contributed by atoms with E-state index in [4.69, 9.17) is 0 Å². The van der Waals surface area contributed by atoms with Crippen molar-refractivity contribution in [3.63, 3.8) is 0 Å². The van der Waals surface area contributed by atoms with Gasteiger partial charge in [-0.05, 0) is 81.0 Å². The van der Waals surface area contributed by atoms with Crippen LogP contribution in [0.3, 0.4) is 0 Å². The number of amides is 4. The Morgan fingerprint density at radius 3 is 1.64 bits per heavy atom. The van der Waals surface area contributed by atoms with E-state index < -0.39 is 9.85 Å². The van der Waals surface area contributed by atoms with E-state index >= 15 is 0 Å². The first-order valence-electron chi connectivity index (χ1n) is 13.4. The van der Waals surface area contributed by atoms with Gasteiger partial charge in [0, 0.05) is 47.7 Å². The molecule has 12 nitrogen and oxygen atoms in total. The topological polar surface area (TPSA) is 169 Å². The summed E-state index contributed by atoms with van der Waals surface area (Å²) >= 11 is 0. The van der Waals surface area contributed by atoms with Crippen molar-refractivity contribution < 1.29 is 19.4 Å². The average Bonchev–Trinajstić information content (AvgIpc) is 2.90. The van der Waals surface area contributed by atoms with E-state index in [1.165, 1.54) is 48.5 Å². The highest BCUT2D eigenvalue weighted by molar-refractivity contribution is 5.90. The summed E-state index contributed by atoms with van der Waals surface area (Å²) in [5.74, 6) is 1.14. The molecule has 0 unspecified atom stereocenters. The van der Waals surface area contributed by atoms with E-state index in [0.29, 0.717) is 23.2 Å². The maximum absolute atomic E-state index is 12.5. The first kappa shape index (κ1) is 27.8. The highest BCUT2D eigenvalue weighted by Gasteiger charge is 2.28. The Labute approximate surface area is 226 Å². The molecule has 12 heteroatoms. The van der Waals surface area contributed by atoms with E-state index in [9.17, 15) is 29.8 Å². The monoisotopic (exact) mass is 538 g/mol. The molecule has 4 rings (SSSR count). The largest absolute Gasteiger partial charge is 0.335 e. The van der Waals surface area contributed by atoms with Crippen LogP contribution in [0.15, 0.2) is 48.5 Å². The molecule has 4 N–H and O–H groups in total. The van der Waals surface area contributed by atoms with Crippen LogP contribution in [0.1, 0.15) is 57.8 Å². The Morgan fingerprint density at radius 1 is 0.667 bits per heavy atom. The van der Waals surface area contributed by atoms with Crippen molar-refractivity contribution in [2.24, 2.45) is 11.8 Å². The highest BCUT2D eigenvalue weighted by atomic mass is 16.6. The fraction of sp³-hybridized carbons (Fsp3) is 0.481. The van der Waals surface area contributed by atoms with E-state index in [0.717, 1.165) is 57.8 Å². The zero-order valence-electron chi connectivity index (χ0n) is 21.6. The summed E-state index contributed by atoms with van der Waals surface area (Å²) in [6, 6.07) is 11.1. The number of hydrogen-bond acceptors (Lipinski definition) is 6. The van der Waals surface area contributed by atoms with E-state index in [1.54, 1.807) is 0 Å². The molecular formula is C27H34N6O6. The minimum atomic E-state index is -0.479. The molecule has 0 aliphatic heterocycles. The molecule has 2 aromatic carbocycles. The quantitative estimate of drug-likeness (QED) is 0.239. The molecule has 39 heavy (non-hydrogen) atoms. The molecule has 2 aromatic rings. The number of anilines is 2. The number of rotatable bonds is 8. The predicted molar refractivity (Wildman–Crippen MR) is 147 cm³/mol. The Balaban J connectivity index is 1.15. The predicted octanol–water partition coefficient (Wildman–Crippen LogP) is 5.95. The van der Waals surface area contributed by atoms with Crippen LogP contribution in [0.25, 0.3) is 0 Å². The molecule has 2 atom stereocenters. The molecule has 0 radical (unpaired) electrons. The Kier molecular flexibility index (Phi) is 9.29. The first-order valence-corrected chi connectivity index (χ1v) is 13.4. The molecule has 2 saturated carbocycles. The molecule has 2 aliphatic carbocycles. The lowest BCUT2D eigenvalue weighted by molar-refractivity contribution is -0.385. The van der Waals surface area contributed by atoms with Crippen LogP contribution in [0.4, 0.5) is 32.3 Å². The minimum Gasteiger partial charge on any atom is -0.335 e. The van der Waals surface area contributed by atoms with Crippen LogP contribution in [0.5, 0.6) is 0 Å². The van der Waals surface area contributed by atoms with Gasteiger partial charge in [0.05, 0.1) is 9.85 Å². The van der Waals surface area contributed by atoms with Crippen molar-refractivity contribution in [3.05, 3.63) is 68.8 Å². The van der Waals surface area contributed by atoms with Crippen LogP contribution in [-0.2, 0) is 0 Å². The molecule has 0 bridgehead atoms. The number of urea groups is 2. The van der Waals surface area contributed by atoms with Crippen molar-refractivity contribution in [3.8, 4) is 0 Å². The molecular weight excluding hydrogens is 504 g/mol. The van der Waals surface area contributed by atoms with Gasteiger partial charge in [0.15, 0.2) is 0 Å². The second kappa shape index (κ2) is 13.0. The summed E-state index contributed by atoms with van der Waals surface area (Å²) in [6.45, 7) is 0. The standard InChI is InChI=1S/C27H34N6O6/c34-26(29-21-8-12-24(13-9-21)32(36)37)28-20-6-4-18(5-7-20)16-19-2-1-3-23(17-19)31-27(35)30-22-10-14-25(15-11-22)33(38)39/h8-15,18-20,23H,1-7,16-17H2,(H2,28,29,34)(H2,30,31,35)/t18?,19-,20?,23+/m0/s1. The third-order valence-electron chi connectivity index (χ3n) is 7.64. The maximum atomic E-state index is 12.5. The lowest BCUT2D eigenvalue weighted by Crippen LogP contribution is -2.42. The van der Waals surface area contributed by atoms with E-state index in [-0.39, 0.29) is 35.5 Å². The van der Waals surface area contributed by atoms with Gasteiger partial charge >= 0.3 is 12.1 Å². The molecule has 2 aliphatic rings. The van der Waals surface area contributed by atoms with Gasteiger partial charge in [-0.25, -0.2) is 9.59 Å². The molecule has 0 heterocycles. The summed E-state index contributed by atoms with van der Waals surface area (Å²) < 4.78 is 0. The minimum absolute atomic E-state index is 0.0218. The van der Waals surface area contributed by atoms with Gasteiger partial charge in [-0.1, -0.05) is 12.8 Å². The zero-order valence-corrected chi connectivity index (χ0v) is 21.6. The second-order valence-corrected chi connectivity index (χ2v) is 10.5. The third kappa shape index (κ3) is 8.39. The normalized spacial score (nSPS) is 22.8. The molecule has 4 amide bonds. The lowest BCUT2D eigenvalue weighted by atomic mass is 9.75. The van der Waals surface area contributed by atoms with Crippen LogP contribution in [0, 0.1) is 32.1 Å². The average molecular weight is 539 g/mol. The number of nitrogens with zero attached hydrogens (tertiary/aromatic N) is 2. The molecule has 0 aromatic heterocycles. The van der Waals surface area contributed by atoms with Crippen molar-refractivity contribution in [2.45, 2.75) is 69.9 Å². The maximum Gasteiger partial charge on any atom is 0.319 e. The number of benzene rings is 2. The third-order valence-corrected chi connectivity index (χ3v) is 7.64. The van der Waals surface area contributed by atoms with Crippen molar-refractivity contribution in [2.75, 3.05) is 10.6 Å². The van der Waals surface area contributed by atoms with Crippen LogP contribution in [-0.4, -0.2) is 34.0 Å². The van der Waals surface area contributed by atoms with Gasteiger partial charge in [0.2, 0.25) is 0 Å². The summed E-state index contributed by atoms with van der Waals surface area (Å²) in [6.07, 6.45) is 9.09. The van der Waals surface area contributed by atoms with Gasteiger partial charge in [-0.2, -0.15) is 0 Å². The molecule has 2 fully saturated rings. The number of nitro groups is 2. The lowest BCUT2D eigenvalue weighted by Gasteiger charge is -2.35. The number of hydrogen-bond donors (Lipinski definition) is 4. The van der Waals surface area contributed by atoms with Crippen LogP contribution in [0.2, 0.25) is 0 Å².